The first-order valence-electron chi connectivity index (χ1n) is 8.92. The molecule has 1 amide bonds. The summed E-state index contributed by atoms with van der Waals surface area (Å²) in [5.74, 6) is -0.00362. The van der Waals surface area contributed by atoms with Crippen LogP contribution in [0.2, 0.25) is 0 Å². The first-order chi connectivity index (χ1) is 13.1. The molecule has 8 nitrogen and oxygen atoms in total. The molecule has 0 bridgehead atoms. The molecule has 0 spiro atoms. The van der Waals surface area contributed by atoms with Gasteiger partial charge in [-0.25, -0.2) is 4.68 Å². The average molecular weight is 366 g/mol. The van der Waals surface area contributed by atoms with Gasteiger partial charge < -0.3 is 9.64 Å². The van der Waals surface area contributed by atoms with Crippen molar-refractivity contribution >= 4 is 5.91 Å². The Balaban J connectivity index is 1.63. The fourth-order valence-electron chi connectivity index (χ4n) is 3.63. The van der Waals surface area contributed by atoms with E-state index in [4.69, 9.17) is 4.74 Å². The van der Waals surface area contributed by atoms with Gasteiger partial charge in [-0.15, -0.1) is 5.10 Å². The van der Waals surface area contributed by atoms with E-state index in [1.807, 2.05) is 54.7 Å². The summed E-state index contributed by atoms with van der Waals surface area (Å²) in [4.78, 5) is 15.1. The van der Waals surface area contributed by atoms with Gasteiger partial charge in [-0.3, -0.25) is 9.48 Å². The Morgan fingerprint density at radius 2 is 2.00 bits per heavy atom. The Morgan fingerprint density at radius 1 is 1.22 bits per heavy atom. The van der Waals surface area contributed by atoms with Gasteiger partial charge in [0.15, 0.2) is 0 Å². The molecule has 0 saturated carbocycles. The Kier molecular flexibility index (Phi) is 4.49. The molecule has 1 unspecified atom stereocenters. The van der Waals surface area contributed by atoms with Gasteiger partial charge in [0.1, 0.15) is 0 Å². The standard InChI is InChI=1S/C19H22N6O2/c1-13-18(14(2)23(3)21-13)17-12-27-11-10-24(17)19(26)15-4-6-16(7-5-15)25-9-8-20-22-25/h4-9,17H,10-12H2,1-3H3. The number of ether oxygens (including phenoxy) is 1. The number of rotatable bonds is 3. The summed E-state index contributed by atoms with van der Waals surface area (Å²) in [5, 5.41) is 12.3. The fourth-order valence-corrected chi connectivity index (χ4v) is 3.63. The maximum Gasteiger partial charge on any atom is 0.254 e. The van der Waals surface area contributed by atoms with Gasteiger partial charge >= 0.3 is 0 Å². The van der Waals surface area contributed by atoms with Crippen molar-refractivity contribution < 1.29 is 9.53 Å². The fraction of sp³-hybridized carbons (Fsp3) is 0.368. The predicted molar refractivity (Wildman–Crippen MR) is 98.6 cm³/mol. The van der Waals surface area contributed by atoms with E-state index < -0.39 is 0 Å². The van der Waals surface area contributed by atoms with E-state index in [1.165, 1.54) is 0 Å². The molecule has 1 aromatic carbocycles. The van der Waals surface area contributed by atoms with Crippen molar-refractivity contribution in [2.24, 2.45) is 7.05 Å². The van der Waals surface area contributed by atoms with Crippen molar-refractivity contribution in [1.82, 2.24) is 29.7 Å². The van der Waals surface area contributed by atoms with Crippen LogP contribution in [0.15, 0.2) is 36.7 Å². The number of hydrogen-bond acceptors (Lipinski definition) is 5. The van der Waals surface area contributed by atoms with E-state index in [9.17, 15) is 4.79 Å². The molecule has 4 rings (SSSR count). The minimum Gasteiger partial charge on any atom is -0.377 e. The van der Waals surface area contributed by atoms with Crippen molar-refractivity contribution in [3.63, 3.8) is 0 Å². The van der Waals surface area contributed by atoms with Gasteiger partial charge in [-0.1, -0.05) is 5.21 Å². The second kappa shape index (κ2) is 6.96. The first-order valence-corrected chi connectivity index (χ1v) is 8.92. The highest BCUT2D eigenvalue weighted by atomic mass is 16.5. The molecule has 0 radical (unpaired) electrons. The molecule has 0 aliphatic carbocycles. The average Bonchev–Trinajstić information content (AvgIpc) is 3.30. The minimum atomic E-state index is -0.130. The molecule has 8 heteroatoms. The molecule has 140 valence electrons. The summed E-state index contributed by atoms with van der Waals surface area (Å²) in [6, 6.07) is 7.27. The molecule has 1 aliphatic heterocycles. The molecular weight excluding hydrogens is 344 g/mol. The second-order valence-corrected chi connectivity index (χ2v) is 6.69. The van der Waals surface area contributed by atoms with Crippen molar-refractivity contribution in [3.05, 3.63) is 59.2 Å². The van der Waals surface area contributed by atoms with E-state index in [0.717, 1.165) is 22.6 Å². The molecule has 1 aliphatic rings. The lowest BCUT2D eigenvalue weighted by molar-refractivity contribution is -0.00304. The van der Waals surface area contributed by atoms with Crippen LogP contribution in [-0.4, -0.2) is 55.3 Å². The molecule has 1 atom stereocenters. The van der Waals surface area contributed by atoms with Gasteiger partial charge in [-0.05, 0) is 38.1 Å². The van der Waals surface area contributed by atoms with Crippen LogP contribution in [0.3, 0.4) is 0 Å². The number of amides is 1. The Labute approximate surface area is 157 Å². The summed E-state index contributed by atoms with van der Waals surface area (Å²) in [7, 11) is 1.92. The number of nitrogens with zero attached hydrogens (tertiary/aromatic N) is 6. The van der Waals surface area contributed by atoms with E-state index in [0.29, 0.717) is 25.3 Å². The van der Waals surface area contributed by atoms with Gasteiger partial charge in [0.05, 0.1) is 43.0 Å². The van der Waals surface area contributed by atoms with Crippen LogP contribution in [0, 0.1) is 13.8 Å². The zero-order valence-electron chi connectivity index (χ0n) is 15.7. The zero-order chi connectivity index (χ0) is 19.0. The zero-order valence-corrected chi connectivity index (χ0v) is 15.7. The van der Waals surface area contributed by atoms with Crippen LogP contribution in [0.5, 0.6) is 0 Å². The van der Waals surface area contributed by atoms with E-state index in [-0.39, 0.29) is 11.9 Å². The molecule has 2 aromatic heterocycles. The summed E-state index contributed by atoms with van der Waals surface area (Å²) in [6.07, 6.45) is 3.39. The molecule has 1 fully saturated rings. The van der Waals surface area contributed by atoms with Crippen LogP contribution in [0.25, 0.3) is 5.69 Å². The smallest absolute Gasteiger partial charge is 0.254 e. The number of morpholine rings is 1. The number of aryl methyl sites for hydroxylation is 2. The molecule has 3 aromatic rings. The molecule has 3 heterocycles. The highest BCUT2D eigenvalue weighted by Gasteiger charge is 2.32. The first kappa shape index (κ1) is 17.4. The maximum absolute atomic E-state index is 13.2. The Bertz CT molecular complexity index is 945. The molecular formula is C19H22N6O2. The van der Waals surface area contributed by atoms with Crippen LogP contribution in [0.4, 0.5) is 0 Å². The van der Waals surface area contributed by atoms with Gasteiger partial charge in [0.2, 0.25) is 0 Å². The highest BCUT2D eigenvalue weighted by molar-refractivity contribution is 5.94. The summed E-state index contributed by atoms with van der Waals surface area (Å²) >= 11 is 0. The van der Waals surface area contributed by atoms with E-state index in [1.54, 1.807) is 17.1 Å². The van der Waals surface area contributed by atoms with Gasteiger partial charge in [-0.2, -0.15) is 5.10 Å². The monoisotopic (exact) mass is 366 g/mol. The quantitative estimate of drug-likeness (QED) is 0.707. The predicted octanol–water partition coefficient (Wildman–Crippen LogP) is 1.83. The normalized spacial score (nSPS) is 17.3. The second-order valence-electron chi connectivity index (χ2n) is 6.69. The van der Waals surface area contributed by atoms with Crippen molar-refractivity contribution in [2.45, 2.75) is 19.9 Å². The van der Waals surface area contributed by atoms with Crippen molar-refractivity contribution in [2.75, 3.05) is 19.8 Å². The van der Waals surface area contributed by atoms with E-state index >= 15 is 0 Å². The molecule has 27 heavy (non-hydrogen) atoms. The van der Waals surface area contributed by atoms with E-state index in [2.05, 4.69) is 15.4 Å². The van der Waals surface area contributed by atoms with Crippen LogP contribution >= 0.6 is 0 Å². The number of carbonyl (C=O) groups excluding carboxylic acids is 1. The summed E-state index contributed by atoms with van der Waals surface area (Å²) in [5.41, 5.74) is 4.57. The lowest BCUT2D eigenvalue weighted by Crippen LogP contribution is -2.43. The largest absolute Gasteiger partial charge is 0.377 e. The summed E-state index contributed by atoms with van der Waals surface area (Å²) < 4.78 is 9.21. The third kappa shape index (κ3) is 3.12. The number of hydrogen-bond donors (Lipinski definition) is 0. The molecule has 1 saturated heterocycles. The Morgan fingerprint density at radius 3 is 2.63 bits per heavy atom. The maximum atomic E-state index is 13.2. The minimum absolute atomic E-state index is 0.00362. The highest BCUT2D eigenvalue weighted by Crippen LogP contribution is 2.30. The van der Waals surface area contributed by atoms with Gasteiger partial charge in [0.25, 0.3) is 5.91 Å². The number of carbonyl (C=O) groups is 1. The topological polar surface area (TPSA) is 78.1 Å². The molecule has 0 N–H and O–H groups in total. The Hall–Kier alpha value is -3.00. The van der Waals surface area contributed by atoms with Crippen molar-refractivity contribution in [3.8, 4) is 5.69 Å². The number of aromatic nitrogens is 5. The lowest BCUT2D eigenvalue weighted by Gasteiger charge is -2.36. The number of benzene rings is 1. The summed E-state index contributed by atoms with van der Waals surface area (Å²) in [6.45, 7) is 5.59. The van der Waals surface area contributed by atoms with Crippen LogP contribution in [-0.2, 0) is 11.8 Å². The van der Waals surface area contributed by atoms with Crippen LogP contribution in [0.1, 0.15) is 33.4 Å². The van der Waals surface area contributed by atoms with Crippen molar-refractivity contribution in [1.29, 1.82) is 0 Å². The third-order valence-corrected chi connectivity index (χ3v) is 5.09. The van der Waals surface area contributed by atoms with Crippen LogP contribution < -0.4 is 0 Å². The lowest BCUT2D eigenvalue weighted by atomic mass is 10.0. The third-order valence-electron chi connectivity index (χ3n) is 5.09. The van der Waals surface area contributed by atoms with Gasteiger partial charge in [0, 0.05) is 30.4 Å². The SMILES string of the molecule is Cc1nn(C)c(C)c1C1COCCN1C(=O)c1ccc(-n2ccnn2)cc1.